The maximum atomic E-state index is 11.0. The van der Waals surface area contributed by atoms with Crippen LogP contribution < -0.4 is 5.32 Å². The van der Waals surface area contributed by atoms with E-state index in [1.165, 1.54) is 6.92 Å². The van der Waals surface area contributed by atoms with E-state index >= 15 is 0 Å². The van der Waals surface area contributed by atoms with E-state index in [9.17, 15) is 14.4 Å². The van der Waals surface area contributed by atoms with Gasteiger partial charge in [-0.3, -0.25) is 9.59 Å². The van der Waals surface area contributed by atoms with E-state index in [-0.39, 0.29) is 12.8 Å². The van der Waals surface area contributed by atoms with Gasteiger partial charge < -0.3 is 15.5 Å². The Labute approximate surface area is 91.2 Å². The second-order valence-corrected chi connectivity index (χ2v) is 3.60. The van der Waals surface area contributed by atoms with Gasteiger partial charge >= 0.3 is 11.9 Å². The van der Waals surface area contributed by atoms with Crippen molar-refractivity contribution < 1.29 is 24.6 Å². The van der Waals surface area contributed by atoms with Gasteiger partial charge in [-0.1, -0.05) is 0 Å². The van der Waals surface area contributed by atoms with Crippen molar-refractivity contribution in [3.05, 3.63) is 0 Å². The number of amides is 1. The molecule has 0 spiro atoms. The monoisotopic (exact) mass is 237 g/mol. The SMILES string of the molecule is CC(Cl)C(=O)N[C@@H](CCC(=O)O)C(=O)O. The number of nitrogens with one attached hydrogen (secondary N) is 1. The summed E-state index contributed by atoms with van der Waals surface area (Å²) in [5.41, 5.74) is 0. The zero-order valence-electron chi connectivity index (χ0n) is 8.07. The van der Waals surface area contributed by atoms with Gasteiger partial charge in [0.25, 0.3) is 0 Å². The van der Waals surface area contributed by atoms with Crippen molar-refractivity contribution in [2.24, 2.45) is 0 Å². The molecule has 15 heavy (non-hydrogen) atoms. The standard InChI is InChI=1S/C8H12ClNO5/c1-4(9)7(13)10-5(8(14)15)2-3-6(11)12/h4-5H,2-3H2,1H3,(H,10,13)(H,11,12)(H,14,15)/t4?,5-/m0/s1. The van der Waals surface area contributed by atoms with E-state index in [2.05, 4.69) is 5.32 Å². The molecule has 3 N–H and O–H groups in total. The van der Waals surface area contributed by atoms with Crippen LogP contribution in [0.4, 0.5) is 0 Å². The van der Waals surface area contributed by atoms with Crippen molar-refractivity contribution in [3.8, 4) is 0 Å². The molecule has 0 saturated heterocycles. The highest BCUT2D eigenvalue weighted by atomic mass is 35.5. The summed E-state index contributed by atoms with van der Waals surface area (Å²) in [6.07, 6.45) is -0.492. The lowest BCUT2D eigenvalue weighted by molar-refractivity contribution is -0.143. The van der Waals surface area contributed by atoms with Crippen LogP contribution >= 0.6 is 11.6 Å². The van der Waals surface area contributed by atoms with E-state index < -0.39 is 29.3 Å². The molecule has 2 atom stereocenters. The number of halogens is 1. The first-order chi connectivity index (χ1) is 6.84. The minimum Gasteiger partial charge on any atom is -0.481 e. The smallest absolute Gasteiger partial charge is 0.326 e. The molecule has 1 amide bonds. The Morgan fingerprint density at radius 2 is 1.87 bits per heavy atom. The molecular formula is C8H12ClNO5. The summed E-state index contributed by atoms with van der Waals surface area (Å²) in [4.78, 5) is 31.9. The van der Waals surface area contributed by atoms with Crippen LogP contribution in [-0.2, 0) is 14.4 Å². The van der Waals surface area contributed by atoms with Crippen LogP contribution in [0.5, 0.6) is 0 Å². The minimum absolute atomic E-state index is 0.167. The lowest BCUT2D eigenvalue weighted by atomic mass is 10.1. The molecule has 0 heterocycles. The summed E-state index contributed by atoms with van der Waals surface area (Å²) >= 11 is 5.42. The molecular weight excluding hydrogens is 226 g/mol. The summed E-state index contributed by atoms with van der Waals surface area (Å²) in [5, 5.41) is 18.3. The Morgan fingerprint density at radius 3 is 2.20 bits per heavy atom. The fraction of sp³-hybridized carbons (Fsp3) is 0.625. The van der Waals surface area contributed by atoms with Gasteiger partial charge in [-0.05, 0) is 13.3 Å². The molecule has 86 valence electrons. The third-order valence-electron chi connectivity index (χ3n) is 1.62. The van der Waals surface area contributed by atoms with E-state index in [1.54, 1.807) is 0 Å². The predicted molar refractivity (Wildman–Crippen MR) is 51.8 cm³/mol. The van der Waals surface area contributed by atoms with Gasteiger partial charge in [0, 0.05) is 6.42 Å². The average molecular weight is 238 g/mol. The molecule has 0 aliphatic rings. The summed E-state index contributed by atoms with van der Waals surface area (Å²) in [7, 11) is 0. The number of carbonyl (C=O) groups is 3. The van der Waals surface area contributed by atoms with Gasteiger partial charge in [-0.25, -0.2) is 4.79 Å². The van der Waals surface area contributed by atoms with Crippen molar-refractivity contribution in [2.45, 2.75) is 31.2 Å². The molecule has 0 aliphatic carbocycles. The minimum atomic E-state index is -1.28. The van der Waals surface area contributed by atoms with E-state index in [4.69, 9.17) is 21.8 Å². The number of rotatable bonds is 6. The molecule has 0 aliphatic heterocycles. The molecule has 0 fully saturated rings. The van der Waals surface area contributed by atoms with Crippen LogP contribution in [0.3, 0.4) is 0 Å². The maximum Gasteiger partial charge on any atom is 0.326 e. The highest BCUT2D eigenvalue weighted by molar-refractivity contribution is 6.30. The molecule has 0 aromatic rings. The predicted octanol–water partition coefficient (Wildman–Crippen LogP) is 0.0479. The zero-order valence-corrected chi connectivity index (χ0v) is 8.82. The van der Waals surface area contributed by atoms with Crippen molar-refractivity contribution in [3.63, 3.8) is 0 Å². The van der Waals surface area contributed by atoms with Crippen LogP contribution in [0.2, 0.25) is 0 Å². The van der Waals surface area contributed by atoms with E-state index in [0.717, 1.165) is 0 Å². The Morgan fingerprint density at radius 1 is 1.33 bits per heavy atom. The Hall–Kier alpha value is -1.30. The van der Waals surface area contributed by atoms with Gasteiger partial charge in [-0.15, -0.1) is 11.6 Å². The second-order valence-electron chi connectivity index (χ2n) is 2.95. The van der Waals surface area contributed by atoms with E-state index in [0.29, 0.717) is 0 Å². The van der Waals surface area contributed by atoms with E-state index in [1.807, 2.05) is 0 Å². The lowest BCUT2D eigenvalue weighted by Crippen LogP contribution is -2.43. The molecule has 0 aromatic heterocycles. The Kier molecular flexibility index (Phi) is 5.69. The number of alkyl halides is 1. The average Bonchev–Trinajstić information content (AvgIpc) is 2.10. The molecule has 0 aromatic carbocycles. The normalized spacial score (nSPS) is 14.0. The van der Waals surface area contributed by atoms with Gasteiger partial charge in [-0.2, -0.15) is 0 Å². The summed E-state index contributed by atoms with van der Waals surface area (Å²) in [6.45, 7) is 1.40. The Bertz CT molecular complexity index is 266. The molecule has 6 nitrogen and oxygen atoms in total. The number of carboxylic acid groups (broad SMARTS) is 2. The molecule has 0 rings (SSSR count). The van der Waals surface area contributed by atoms with Crippen LogP contribution in [0.1, 0.15) is 19.8 Å². The topological polar surface area (TPSA) is 104 Å². The maximum absolute atomic E-state index is 11.0. The molecule has 0 bridgehead atoms. The van der Waals surface area contributed by atoms with Crippen LogP contribution in [0, 0.1) is 0 Å². The first kappa shape index (κ1) is 13.7. The van der Waals surface area contributed by atoms with Gasteiger partial charge in [0.05, 0.1) is 0 Å². The van der Waals surface area contributed by atoms with Crippen molar-refractivity contribution in [1.82, 2.24) is 5.32 Å². The summed E-state index contributed by atoms with van der Waals surface area (Å²) < 4.78 is 0. The fourth-order valence-electron chi connectivity index (χ4n) is 0.812. The van der Waals surface area contributed by atoms with Crippen LogP contribution in [0.15, 0.2) is 0 Å². The van der Waals surface area contributed by atoms with Crippen molar-refractivity contribution in [2.75, 3.05) is 0 Å². The lowest BCUT2D eigenvalue weighted by Gasteiger charge is -2.14. The first-order valence-corrected chi connectivity index (χ1v) is 4.67. The third-order valence-corrected chi connectivity index (χ3v) is 1.82. The van der Waals surface area contributed by atoms with Gasteiger partial charge in [0.2, 0.25) is 5.91 Å². The highest BCUT2D eigenvalue weighted by Crippen LogP contribution is 2.01. The summed E-state index contributed by atoms with van der Waals surface area (Å²) in [6, 6.07) is -1.21. The number of hydrogen-bond acceptors (Lipinski definition) is 3. The first-order valence-electron chi connectivity index (χ1n) is 4.23. The third kappa shape index (κ3) is 5.90. The number of hydrogen-bond donors (Lipinski definition) is 3. The van der Waals surface area contributed by atoms with Crippen molar-refractivity contribution >= 4 is 29.4 Å². The summed E-state index contributed by atoms with van der Waals surface area (Å²) in [5.74, 6) is -3.02. The molecule has 0 radical (unpaired) electrons. The fourth-order valence-corrected chi connectivity index (χ4v) is 0.875. The van der Waals surface area contributed by atoms with Crippen LogP contribution in [-0.4, -0.2) is 39.5 Å². The van der Waals surface area contributed by atoms with Gasteiger partial charge in [0.1, 0.15) is 11.4 Å². The highest BCUT2D eigenvalue weighted by Gasteiger charge is 2.22. The molecule has 1 unspecified atom stereocenters. The van der Waals surface area contributed by atoms with Crippen LogP contribution in [0.25, 0.3) is 0 Å². The van der Waals surface area contributed by atoms with Gasteiger partial charge in [0.15, 0.2) is 0 Å². The number of aliphatic carboxylic acids is 2. The Balaban J connectivity index is 4.22. The largest absolute Gasteiger partial charge is 0.481 e. The zero-order chi connectivity index (χ0) is 12.0. The number of carbonyl (C=O) groups excluding carboxylic acids is 1. The van der Waals surface area contributed by atoms with Crippen molar-refractivity contribution in [1.29, 1.82) is 0 Å². The molecule has 0 saturated carbocycles. The quantitative estimate of drug-likeness (QED) is 0.566. The molecule has 7 heteroatoms. The number of carboxylic acids is 2. The second kappa shape index (κ2) is 6.23.